The molecule has 0 heterocycles. The number of nitrogens with two attached hydrogens (primary N) is 1. The molecule has 0 aromatic heterocycles. The third-order valence-corrected chi connectivity index (χ3v) is 4.14. The van der Waals surface area contributed by atoms with Crippen molar-refractivity contribution in [1.29, 1.82) is 0 Å². The molecule has 0 saturated heterocycles. The van der Waals surface area contributed by atoms with Crippen LogP contribution in [-0.2, 0) is 0 Å². The number of nitrogens with zero attached hydrogens (tertiary/aromatic N) is 1. The molecule has 3 nitrogen and oxygen atoms in total. The van der Waals surface area contributed by atoms with Crippen molar-refractivity contribution in [3.8, 4) is 0 Å². The number of rotatable bonds is 3. The first-order valence-corrected chi connectivity index (χ1v) is 6.56. The quantitative estimate of drug-likeness (QED) is 0.431. The standard InChI is InChI=1S/C13H21N3/c14-13(16-12-5-6-12)15-8-11-7-9-1-3-10(11)4-2-9/h1,3,9-12H,2,4-8H2,(H3,14,15,16). The lowest BCUT2D eigenvalue weighted by Crippen LogP contribution is -2.35. The van der Waals surface area contributed by atoms with Gasteiger partial charge in [0, 0.05) is 12.6 Å². The summed E-state index contributed by atoms with van der Waals surface area (Å²) < 4.78 is 0. The fourth-order valence-corrected chi connectivity index (χ4v) is 2.96. The smallest absolute Gasteiger partial charge is 0.188 e. The van der Waals surface area contributed by atoms with E-state index in [0.717, 1.165) is 24.3 Å². The predicted octanol–water partition coefficient (Wildman–Crippen LogP) is 1.66. The van der Waals surface area contributed by atoms with Crippen molar-refractivity contribution >= 4 is 5.96 Å². The van der Waals surface area contributed by atoms with E-state index in [4.69, 9.17) is 5.73 Å². The topological polar surface area (TPSA) is 50.4 Å². The molecular formula is C13H21N3. The lowest BCUT2D eigenvalue weighted by Gasteiger charge is -2.37. The zero-order valence-corrected chi connectivity index (χ0v) is 9.73. The van der Waals surface area contributed by atoms with Crippen LogP contribution in [0.25, 0.3) is 0 Å². The number of nitrogens with one attached hydrogen (secondary N) is 1. The van der Waals surface area contributed by atoms with Gasteiger partial charge in [-0.2, -0.15) is 0 Å². The Morgan fingerprint density at radius 1 is 1.25 bits per heavy atom. The second-order valence-corrected chi connectivity index (χ2v) is 5.53. The van der Waals surface area contributed by atoms with Gasteiger partial charge in [-0.25, -0.2) is 0 Å². The van der Waals surface area contributed by atoms with Gasteiger partial charge in [0.15, 0.2) is 5.96 Å². The molecule has 0 aliphatic heterocycles. The normalized spacial score (nSPS) is 37.8. The second-order valence-electron chi connectivity index (χ2n) is 5.53. The number of guanidine groups is 1. The first-order chi connectivity index (χ1) is 7.81. The minimum Gasteiger partial charge on any atom is -0.370 e. The van der Waals surface area contributed by atoms with Crippen LogP contribution in [0.1, 0.15) is 32.1 Å². The molecule has 88 valence electrons. The minimum absolute atomic E-state index is 0.617. The van der Waals surface area contributed by atoms with Gasteiger partial charge < -0.3 is 11.1 Å². The van der Waals surface area contributed by atoms with E-state index in [-0.39, 0.29) is 0 Å². The Morgan fingerprint density at radius 2 is 2.12 bits per heavy atom. The van der Waals surface area contributed by atoms with Crippen LogP contribution in [0.15, 0.2) is 17.1 Å². The summed E-state index contributed by atoms with van der Waals surface area (Å²) in [5.74, 6) is 2.99. The second kappa shape index (κ2) is 4.11. The zero-order valence-electron chi connectivity index (χ0n) is 9.73. The molecule has 4 rings (SSSR count). The number of allylic oxidation sites excluding steroid dienone is 2. The fourth-order valence-electron chi connectivity index (χ4n) is 2.96. The van der Waals surface area contributed by atoms with Crippen molar-refractivity contribution in [2.45, 2.75) is 38.1 Å². The van der Waals surface area contributed by atoms with E-state index in [2.05, 4.69) is 22.5 Å². The molecule has 16 heavy (non-hydrogen) atoms. The monoisotopic (exact) mass is 219 g/mol. The Bertz CT molecular complexity index is 317. The van der Waals surface area contributed by atoms with E-state index in [0.29, 0.717) is 12.0 Å². The average molecular weight is 219 g/mol. The fraction of sp³-hybridized carbons (Fsp3) is 0.769. The highest BCUT2D eigenvalue weighted by atomic mass is 15.1. The Balaban J connectivity index is 1.52. The molecule has 4 aliphatic rings. The number of fused-ring (bicyclic) bond motifs is 2. The maximum atomic E-state index is 5.85. The first kappa shape index (κ1) is 10.2. The molecule has 2 saturated carbocycles. The molecule has 2 fully saturated rings. The molecule has 3 N–H and O–H groups in total. The van der Waals surface area contributed by atoms with Crippen LogP contribution in [0, 0.1) is 17.8 Å². The summed E-state index contributed by atoms with van der Waals surface area (Å²) in [5.41, 5.74) is 5.85. The minimum atomic E-state index is 0.617. The summed E-state index contributed by atoms with van der Waals surface area (Å²) in [7, 11) is 0. The summed E-state index contributed by atoms with van der Waals surface area (Å²) in [4.78, 5) is 4.50. The summed E-state index contributed by atoms with van der Waals surface area (Å²) in [5, 5.41) is 3.25. The van der Waals surface area contributed by atoms with Gasteiger partial charge in [0.2, 0.25) is 0 Å². The molecular weight excluding hydrogens is 198 g/mol. The van der Waals surface area contributed by atoms with Crippen LogP contribution in [0.2, 0.25) is 0 Å². The highest BCUT2D eigenvalue weighted by Crippen LogP contribution is 2.40. The maximum absolute atomic E-state index is 5.85. The van der Waals surface area contributed by atoms with Gasteiger partial charge in [0.25, 0.3) is 0 Å². The summed E-state index contributed by atoms with van der Waals surface area (Å²) in [6.07, 6.45) is 11.4. The van der Waals surface area contributed by atoms with Gasteiger partial charge in [0.1, 0.15) is 0 Å². The summed E-state index contributed by atoms with van der Waals surface area (Å²) >= 11 is 0. The van der Waals surface area contributed by atoms with Crippen LogP contribution in [0.5, 0.6) is 0 Å². The average Bonchev–Trinajstić information content (AvgIpc) is 3.12. The van der Waals surface area contributed by atoms with E-state index in [1.54, 1.807) is 0 Å². The number of hydrogen-bond donors (Lipinski definition) is 2. The van der Waals surface area contributed by atoms with E-state index >= 15 is 0 Å². The molecule has 4 aliphatic carbocycles. The molecule has 0 radical (unpaired) electrons. The molecule has 3 unspecified atom stereocenters. The van der Waals surface area contributed by atoms with Crippen LogP contribution < -0.4 is 11.1 Å². The van der Waals surface area contributed by atoms with Gasteiger partial charge in [-0.3, -0.25) is 4.99 Å². The van der Waals surface area contributed by atoms with E-state index in [1.165, 1.54) is 32.1 Å². The molecule has 3 atom stereocenters. The maximum Gasteiger partial charge on any atom is 0.188 e. The molecule has 0 aromatic carbocycles. The summed E-state index contributed by atoms with van der Waals surface area (Å²) in [6.45, 7) is 0.914. The van der Waals surface area contributed by atoms with Crippen molar-refractivity contribution in [3.63, 3.8) is 0 Å². The van der Waals surface area contributed by atoms with Crippen molar-refractivity contribution in [3.05, 3.63) is 12.2 Å². The third-order valence-electron chi connectivity index (χ3n) is 4.14. The van der Waals surface area contributed by atoms with Crippen molar-refractivity contribution in [1.82, 2.24) is 5.32 Å². The first-order valence-electron chi connectivity index (χ1n) is 6.56. The van der Waals surface area contributed by atoms with Gasteiger partial charge in [-0.05, 0) is 49.9 Å². The highest BCUT2D eigenvalue weighted by molar-refractivity contribution is 5.78. The predicted molar refractivity (Wildman–Crippen MR) is 66.1 cm³/mol. The van der Waals surface area contributed by atoms with Crippen LogP contribution in [0.3, 0.4) is 0 Å². The number of hydrogen-bond acceptors (Lipinski definition) is 1. The zero-order chi connectivity index (χ0) is 11.0. The third kappa shape index (κ3) is 2.23. The molecule has 2 bridgehead atoms. The van der Waals surface area contributed by atoms with Crippen molar-refractivity contribution < 1.29 is 0 Å². The SMILES string of the molecule is NC(=NCC1CC2C=CC1CC2)NC1CC1. The van der Waals surface area contributed by atoms with Crippen molar-refractivity contribution in [2.24, 2.45) is 28.5 Å². The Kier molecular flexibility index (Phi) is 2.62. The highest BCUT2D eigenvalue weighted by Gasteiger charge is 2.31. The van der Waals surface area contributed by atoms with Crippen LogP contribution in [0.4, 0.5) is 0 Å². The van der Waals surface area contributed by atoms with E-state index < -0.39 is 0 Å². The lowest BCUT2D eigenvalue weighted by molar-refractivity contribution is 0.227. The summed E-state index contributed by atoms with van der Waals surface area (Å²) in [6, 6.07) is 0.617. The Morgan fingerprint density at radius 3 is 2.69 bits per heavy atom. The largest absolute Gasteiger partial charge is 0.370 e. The molecule has 0 aromatic rings. The number of aliphatic imine (C=N–C) groups is 1. The van der Waals surface area contributed by atoms with Crippen LogP contribution >= 0.6 is 0 Å². The lowest BCUT2D eigenvalue weighted by atomic mass is 9.69. The molecule has 0 spiro atoms. The van der Waals surface area contributed by atoms with E-state index in [1.807, 2.05) is 0 Å². The van der Waals surface area contributed by atoms with Gasteiger partial charge in [0.05, 0.1) is 0 Å². The Labute approximate surface area is 97.2 Å². The van der Waals surface area contributed by atoms with Crippen molar-refractivity contribution in [2.75, 3.05) is 6.54 Å². The van der Waals surface area contributed by atoms with E-state index in [9.17, 15) is 0 Å². The molecule has 0 amide bonds. The van der Waals surface area contributed by atoms with Gasteiger partial charge in [-0.1, -0.05) is 12.2 Å². The Hall–Kier alpha value is -0.990. The van der Waals surface area contributed by atoms with Gasteiger partial charge >= 0.3 is 0 Å². The van der Waals surface area contributed by atoms with Gasteiger partial charge in [-0.15, -0.1) is 0 Å². The molecule has 3 heteroatoms. The van der Waals surface area contributed by atoms with Crippen LogP contribution in [-0.4, -0.2) is 18.5 Å².